The van der Waals surface area contributed by atoms with E-state index < -0.39 is 0 Å². The Labute approximate surface area is 148 Å². The fraction of sp³-hybridized carbons (Fsp3) is 0.526. The van der Waals surface area contributed by atoms with E-state index in [1.165, 1.54) is 5.56 Å². The molecule has 0 aliphatic carbocycles. The summed E-state index contributed by atoms with van der Waals surface area (Å²) in [6.45, 7) is 4.56. The number of carbonyl (C=O) groups excluding carboxylic acids is 2. The first-order valence-electron chi connectivity index (χ1n) is 9.10. The SMILES string of the molecule is Cc1ccc(CN2CC(=O)N3C(=N2)CCC3C(=O)N2CCCC2)cc1. The number of nitrogens with zero attached hydrogens (tertiary/aromatic N) is 4. The molecule has 0 radical (unpaired) electrons. The first-order chi connectivity index (χ1) is 12.1. The Morgan fingerprint density at radius 1 is 1.20 bits per heavy atom. The Morgan fingerprint density at radius 3 is 2.64 bits per heavy atom. The zero-order chi connectivity index (χ0) is 17.4. The molecule has 0 spiro atoms. The van der Waals surface area contributed by atoms with Crippen LogP contribution in [-0.4, -0.2) is 58.1 Å². The van der Waals surface area contributed by atoms with Gasteiger partial charge in [0.05, 0.1) is 6.54 Å². The number of aryl methyl sites for hydroxylation is 1. The molecule has 25 heavy (non-hydrogen) atoms. The molecule has 132 valence electrons. The molecule has 1 unspecified atom stereocenters. The fourth-order valence-electron chi connectivity index (χ4n) is 3.92. The van der Waals surface area contributed by atoms with E-state index in [0.717, 1.165) is 37.3 Å². The van der Waals surface area contributed by atoms with Gasteiger partial charge in [0.15, 0.2) is 0 Å². The Balaban J connectivity index is 1.48. The molecule has 0 bridgehead atoms. The van der Waals surface area contributed by atoms with Crippen LogP contribution in [-0.2, 0) is 16.1 Å². The Morgan fingerprint density at radius 2 is 1.92 bits per heavy atom. The molecular weight excluding hydrogens is 316 g/mol. The minimum Gasteiger partial charge on any atom is -0.341 e. The molecular formula is C19H24N4O2. The van der Waals surface area contributed by atoms with Crippen LogP contribution in [0.25, 0.3) is 0 Å². The van der Waals surface area contributed by atoms with Gasteiger partial charge in [-0.05, 0) is 31.7 Å². The van der Waals surface area contributed by atoms with Crippen LogP contribution in [0.15, 0.2) is 29.4 Å². The summed E-state index contributed by atoms with van der Waals surface area (Å²) in [6, 6.07) is 7.94. The Bertz CT molecular complexity index is 707. The third-order valence-corrected chi connectivity index (χ3v) is 5.26. The first kappa shape index (κ1) is 16.1. The van der Waals surface area contributed by atoms with Crippen LogP contribution in [0.4, 0.5) is 0 Å². The predicted octanol–water partition coefficient (Wildman–Crippen LogP) is 1.74. The van der Waals surface area contributed by atoms with Gasteiger partial charge in [-0.2, -0.15) is 5.10 Å². The highest BCUT2D eigenvalue weighted by atomic mass is 16.2. The molecule has 3 aliphatic heterocycles. The standard InChI is InChI=1S/C19H24N4O2/c1-14-4-6-15(7-5-14)12-22-13-18(24)23-16(8-9-17(23)20-22)19(25)21-10-2-3-11-21/h4-7,16H,2-3,8-13H2,1H3. The van der Waals surface area contributed by atoms with Crippen molar-refractivity contribution in [3.05, 3.63) is 35.4 Å². The molecule has 6 heteroatoms. The van der Waals surface area contributed by atoms with Crippen LogP contribution in [0.1, 0.15) is 36.8 Å². The highest BCUT2D eigenvalue weighted by molar-refractivity contribution is 6.06. The number of carbonyl (C=O) groups is 2. The smallest absolute Gasteiger partial charge is 0.249 e. The number of rotatable bonds is 3. The summed E-state index contributed by atoms with van der Waals surface area (Å²) in [7, 11) is 0. The predicted molar refractivity (Wildman–Crippen MR) is 94.7 cm³/mol. The largest absolute Gasteiger partial charge is 0.341 e. The van der Waals surface area contributed by atoms with Gasteiger partial charge >= 0.3 is 0 Å². The number of hydrazone groups is 1. The van der Waals surface area contributed by atoms with Gasteiger partial charge < -0.3 is 4.90 Å². The van der Waals surface area contributed by atoms with Gasteiger partial charge in [-0.25, -0.2) is 0 Å². The number of hydrogen-bond donors (Lipinski definition) is 0. The molecule has 3 heterocycles. The quantitative estimate of drug-likeness (QED) is 0.842. The lowest BCUT2D eigenvalue weighted by atomic mass is 10.1. The molecule has 1 aromatic carbocycles. The van der Waals surface area contributed by atoms with Gasteiger partial charge in [-0.1, -0.05) is 29.8 Å². The van der Waals surface area contributed by atoms with Crippen molar-refractivity contribution in [3.63, 3.8) is 0 Å². The van der Waals surface area contributed by atoms with Crippen molar-refractivity contribution in [1.82, 2.24) is 14.8 Å². The minimum atomic E-state index is -0.342. The summed E-state index contributed by atoms with van der Waals surface area (Å²) >= 11 is 0. The number of fused-ring (bicyclic) bond motifs is 1. The lowest BCUT2D eigenvalue weighted by Gasteiger charge is -2.33. The molecule has 0 N–H and O–H groups in total. The second-order valence-electron chi connectivity index (χ2n) is 7.18. The second-order valence-corrected chi connectivity index (χ2v) is 7.18. The third kappa shape index (κ3) is 3.13. The molecule has 2 fully saturated rings. The average Bonchev–Trinajstić information content (AvgIpc) is 3.26. The summed E-state index contributed by atoms with van der Waals surface area (Å²) < 4.78 is 0. The van der Waals surface area contributed by atoms with Crippen LogP contribution < -0.4 is 0 Å². The maximum atomic E-state index is 12.7. The maximum Gasteiger partial charge on any atom is 0.249 e. The zero-order valence-corrected chi connectivity index (χ0v) is 14.6. The number of likely N-dealkylation sites (tertiary alicyclic amines) is 1. The molecule has 3 aliphatic rings. The van der Waals surface area contributed by atoms with E-state index in [2.05, 4.69) is 36.3 Å². The van der Waals surface area contributed by atoms with Crippen molar-refractivity contribution in [2.24, 2.45) is 5.10 Å². The van der Waals surface area contributed by atoms with E-state index in [-0.39, 0.29) is 24.4 Å². The third-order valence-electron chi connectivity index (χ3n) is 5.26. The fourth-order valence-corrected chi connectivity index (χ4v) is 3.92. The van der Waals surface area contributed by atoms with Crippen molar-refractivity contribution in [2.45, 2.75) is 45.2 Å². The van der Waals surface area contributed by atoms with Crippen LogP contribution in [0.2, 0.25) is 0 Å². The lowest BCUT2D eigenvalue weighted by Crippen LogP contribution is -2.53. The number of amidine groups is 1. The number of benzene rings is 1. The first-order valence-corrected chi connectivity index (χ1v) is 9.10. The molecule has 0 aromatic heterocycles. The summed E-state index contributed by atoms with van der Waals surface area (Å²) in [5, 5.41) is 6.48. The van der Waals surface area contributed by atoms with E-state index in [0.29, 0.717) is 19.4 Å². The Hall–Kier alpha value is -2.37. The van der Waals surface area contributed by atoms with Crippen molar-refractivity contribution in [2.75, 3.05) is 19.6 Å². The summed E-state index contributed by atoms with van der Waals surface area (Å²) in [5.41, 5.74) is 2.36. The molecule has 1 aromatic rings. The lowest BCUT2D eigenvalue weighted by molar-refractivity contribution is -0.141. The summed E-state index contributed by atoms with van der Waals surface area (Å²) in [6.07, 6.45) is 3.52. The average molecular weight is 340 g/mol. The van der Waals surface area contributed by atoms with Gasteiger partial charge in [-0.3, -0.25) is 19.5 Å². The monoisotopic (exact) mass is 340 g/mol. The van der Waals surface area contributed by atoms with E-state index in [1.54, 1.807) is 4.90 Å². The molecule has 1 atom stereocenters. The second kappa shape index (κ2) is 6.50. The van der Waals surface area contributed by atoms with Gasteiger partial charge in [-0.15, -0.1) is 0 Å². The molecule has 6 nitrogen and oxygen atoms in total. The van der Waals surface area contributed by atoms with Crippen LogP contribution >= 0.6 is 0 Å². The number of hydrogen-bond acceptors (Lipinski definition) is 4. The van der Waals surface area contributed by atoms with E-state index >= 15 is 0 Å². The van der Waals surface area contributed by atoms with Crippen molar-refractivity contribution in [3.8, 4) is 0 Å². The van der Waals surface area contributed by atoms with Crippen LogP contribution in [0.5, 0.6) is 0 Å². The highest BCUT2D eigenvalue weighted by Crippen LogP contribution is 2.27. The van der Waals surface area contributed by atoms with Crippen molar-refractivity contribution >= 4 is 17.6 Å². The molecule has 2 saturated heterocycles. The van der Waals surface area contributed by atoms with E-state index in [4.69, 9.17) is 0 Å². The van der Waals surface area contributed by atoms with E-state index in [1.807, 2.05) is 9.91 Å². The van der Waals surface area contributed by atoms with Crippen molar-refractivity contribution in [1.29, 1.82) is 0 Å². The molecule has 4 rings (SSSR count). The van der Waals surface area contributed by atoms with Gasteiger partial charge in [0.25, 0.3) is 0 Å². The molecule has 0 saturated carbocycles. The minimum absolute atomic E-state index is 0.00726. The highest BCUT2D eigenvalue weighted by Gasteiger charge is 2.43. The number of amides is 2. The summed E-state index contributed by atoms with van der Waals surface area (Å²) in [4.78, 5) is 29.0. The van der Waals surface area contributed by atoms with Gasteiger partial charge in [0.1, 0.15) is 18.4 Å². The Kier molecular flexibility index (Phi) is 4.19. The summed E-state index contributed by atoms with van der Waals surface area (Å²) in [5.74, 6) is 0.844. The van der Waals surface area contributed by atoms with Gasteiger partial charge in [0, 0.05) is 19.5 Å². The topological polar surface area (TPSA) is 56.2 Å². The zero-order valence-electron chi connectivity index (χ0n) is 14.6. The molecule has 2 amide bonds. The van der Waals surface area contributed by atoms with Crippen molar-refractivity contribution < 1.29 is 9.59 Å². The van der Waals surface area contributed by atoms with Crippen LogP contribution in [0.3, 0.4) is 0 Å². The normalized spacial score (nSPS) is 23.1. The van der Waals surface area contributed by atoms with Crippen LogP contribution in [0, 0.1) is 6.92 Å². The van der Waals surface area contributed by atoms with E-state index in [9.17, 15) is 9.59 Å². The van der Waals surface area contributed by atoms with Gasteiger partial charge in [0.2, 0.25) is 11.8 Å². The maximum absolute atomic E-state index is 12.7.